The van der Waals surface area contributed by atoms with Crippen LogP contribution in [0.5, 0.6) is 5.75 Å². The molecular formula is C19H19N3O2S2. The minimum Gasteiger partial charge on any atom is -0.497 e. The van der Waals surface area contributed by atoms with Gasteiger partial charge in [0.2, 0.25) is 5.01 Å². The molecule has 7 heteroatoms. The average Bonchev–Trinajstić information content (AvgIpc) is 3.15. The summed E-state index contributed by atoms with van der Waals surface area (Å²) in [7, 11) is 1.65. The summed E-state index contributed by atoms with van der Waals surface area (Å²) >= 11 is 2.98. The number of thioether (sulfide) groups is 1. The van der Waals surface area contributed by atoms with E-state index in [9.17, 15) is 4.79 Å². The Morgan fingerprint density at radius 1 is 1.12 bits per heavy atom. The van der Waals surface area contributed by atoms with E-state index in [1.54, 1.807) is 18.9 Å². The first-order chi connectivity index (χ1) is 12.6. The number of benzene rings is 2. The molecule has 0 aliphatic heterocycles. The lowest BCUT2D eigenvalue weighted by Gasteiger charge is -2.03. The summed E-state index contributed by atoms with van der Waals surface area (Å²) < 4.78 is 5.15. The van der Waals surface area contributed by atoms with Crippen LogP contribution >= 0.6 is 23.1 Å². The highest BCUT2D eigenvalue weighted by Gasteiger charge is 2.12. The van der Waals surface area contributed by atoms with Crippen LogP contribution in [0.15, 0.2) is 53.4 Å². The molecule has 1 N–H and O–H groups in total. The van der Waals surface area contributed by atoms with Gasteiger partial charge in [0, 0.05) is 11.4 Å². The van der Waals surface area contributed by atoms with Crippen LogP contribution in [0.1, 0.15) is 25.9 Å². The van der Waals surface area contributed by atoms with Crippen LogP contribution in [-0.2, 0) is 12.3 Å². The van der Waals surface area contributed by atoms with E-state index in [0.717, 1.165) is 21.2 Å². The van der Waals surface area contributed by atoms with Crippen molar-refractivity contribution in [2.45, 2.75) is 24.1 Å². The normalized spacial score (nSPS) is 10.5. The molecule has 2 aromatic carbocycles. The average molecular weight is 386 g/mol. The molecule has 0 aliphatic rings. The molecule has 1 heterocycles. The monoisotopic (exact) mass is 385 g/mol. The molecule has 1 aromatic heterocycles. The third-order valence-corrected chi connectivity index (χ3v) is 5.78. The van der Waals surface area contributed by atoms with E-state index in [1.807, 2.05) is 55.5 Å². The van der Waals surface area contributed by atoms with Gasteiger partial charge in [-0.05, 0) is 36.8 Å². The zero-order valence-corrected chi connectivity index (χ0v) is 16.2. The highest BCUT2D eigenvalue weighted by Crippen LogP contribution is 2.26. The van der Waals surface area contributed by atoms with Gasteiger partial charge in [0.25, 0.3) is 5.91 Å². The largest absolute Gasteiger partial charge is 0.497 e. The number of amides is 1. The minimum atomic E-state index is -0.191. The Hall–Kier alpha value is -2.38. The van der Waals surface area contributed by atoms with Gasteiger partial charge in [-0.3, -0.25) is 4.79 Å². The summed E-state index contributed by atoms with van der Waals surface area (Å²) in [5.74, 6) is 1.32. The second-order valence-electron chi connectivity index (χ2n) is 5.63. The van der Waals surface area contributed by atoms with Crippen molar-refractivity contribution in [2.75, 3.05) is 7.11 Å². The highest BCUT2D eigenvalue weighted by molar-refractivity contribution is 7.98. The minimum absolute atomic E-state index is 0.191. The third-order valence-electron chi connectivity index (χ3n) is 3.66. The molecule has 3 rings (SSSR count). The molecule has 0 saturated carbocycles. The topological polar surface area (TPSA) is 64.1 Å². The van der Waals surface area contributed by atoms with Gasteiger partial charge in [0.1, 0.15) is 10.8 Å². The molecular weight excluding hydrogens is 366 g/mol. The van der Waals surface area contributed by atoms with Crippen LogP contribution in [0.2, 0.25) is 0 Å². The van der Waals surface area contributed by atoms with Crippen LogP contribution in [-0.4, -0.2) is 23.2 Å². The van der Waals surface area contributed by atoms with Crippen molar-refractivity contribution < 1.29 is 9.53 Å². The van der Waals surface area contributed by atoms with E-state index in [0.29, 0.717) is 17.3 Å². The van der Waals surface area contributed by atoms with Crippen LogP contribution in [0.25, 0.3) is 0 Å². The SMILES string of the molecule is COc1ccc(SCc2nnc(C(=O)NCc3ccc(C)cc3)s2)cc1. The van der Waals surface area contributed by atoms with Gasteiger partial charge in [0.15, 0.2) is 0 Å². The number of carbonyl (C=O) groups excluding carboxylic acids is 1. The Morgan fingerprint density at radius 3 is 2.54 bits per heavy atom. The molecule has 0 bridgehead atoms. The number of nitrogens with zero attached hydrogens (tertiary/aromatic N) is 2. The standard InChI is InChI=1S/C19H19N3O2S2/c1-13-3-5-14(6-4-13)11-20-18(23)19-22-21-17(26-19)12-25-16-9-7-15(24-2)8-10-16/h3-10H,11-12H2,1-2H3,(H,20,23). The number of aryl methyl sites for hydroxylation is 1. The number of carbonyl (C=O) groups is 1. The lowest BCUT2D eigenvalue weighted by atomic mass is 10.1. The maximum absolute atomic E-state index is 12.2. The Balaban J connectivity index is 1.51. The Labute approximate surface area is 160 Å². The summed E-state index contributed by atoms with van der Waals surface area (Å²) in [4.78, 5) is 13.3. The predicted molar refractivity (Wildman–Crippen MR) is 105 cm³/mol. The number of aromatic nitrogens is 2. The van der Waals surface area contributed by atoms with Crippen LogP contribution in [0.4, 0.5) is 0 Å². The van der Waals surface area contributed by atoms with E-state index in [1.165, 1.54) is 16.9 Å². The number of nitrogens with one attached hydrogen (secondary N) is 1. The van der Waals surface area contributed by atoms with Crippen LogP contribution in [0.3, 0.4) is 0 Å². The fraction of sp³-hybridized carbons (Fsp3) is 0.211. The number of hydrogen-bond acceptors (Lipinski definition) is 6. The quantitative estimate of drug-likeness (QED) is 0.621. The van der Waals surface area contributed by atoms with Crippen molar-refractivity contribution in [3.63, 3.8) is 0 Å². The van der Waals surface area contributed by atoms with Gasteiger partial charge in [-0.15, -0.1) is 22.0 Å². The van der Waals surface area contributed by atoms with Gasteiger partial charge in [-0.25, -0.2) is 0 Å². The number of hydrogen-bond donors (Lipinski definition) is 1. The smallest absolute Gasteiger partial charge is 0.282 e. The summed E-state index contributed by atoms with van der Waals surface area (Å²) in [6, 6.07) is 15.9. The highest BCUT2D eigenvalue weighted by atomic mass is 32.2. The molecule has 26 heavy (non-hydrogen) atoms. The lowest BCUT2D eigenvalue weighted by molar-refractivity contribution is 0.0950. The third kappa shape index (κ3) is 5.06. The first-order valence-electron chi connectivity index (χ1n) is 8.07. The lowest BCUT2D eigenvalue weighted by Crippen LogP contribution is -2.22. The Morgan fingerprint density at radius 2 is 1.85 bits per heavy atom. The fourth-order valence-corrected chi connectivity index (χ4v) is 3.82. The molecule has 0 aliphatic carbocycles. The van der Waals surface area contributed by atoms with E-state index in [4.69, 9.17) is 4.74 Å². The number of methoxy groups -OCH3 is 1. The van der Waals surface area contributed by atoms with E-state index >= 15 is 0 Å². The maximum atomic E-state index is 12.2. The zero-order valence-electron chi connectivity index (χ0n) is 14.6. The van der Waals surface area contributed by atoms with Gasteiger partial charge >= 0.3 is 0 Å². The van der Waals surface area contributed by atoms with Gasteiger partial charge in [0.05, 0.1) is 12.9 Å². The summed E-state index contributed by atoms with van der Waals surface area (Å²) in [5.41, 5.74) is 2.26. The first-order valence-corrected chi connectivity index (χ1v) is 9.87. The number of rotatable bonds is 7. The molecule has 0 spiro atoms. The van der Waals surface area contributed by atoms with Gasteiger partial charge < -0.3 is 10.1 Å². The molecule has 0 radical (unpaired) electrons. The van der Waals surface area contributed by atoms with E-state index < -0.39 is 0 Å². The van der Waals surface area contributed by atoms with Gasteiger partial charge in [-0.1, -0.05) is 41.2 Å². The molecule has 3 aromatic rings. The van der Waals surface area contributed by atoms with Crippen molar-refractivity contribution in [1.82, 2.24) is 15.5 Å². The molecule has 0 fully saturated rings. The summed E-state index contributed by atoms with van der Waals surface area (Å²) in [6.45, 7) is 2.52. The van der Waals surface area contributed by atoms with Crippen LogP contribution in [0, 0.1) is 6.92 Å². The van der Waals surface area contributed by atoms with Crippen LogP contribution < -0.4 is 10.1 Å². The van der Waals surface area contributed by atoms with Gasteiger partial charge in [-0.2, -0.15) is 0 Å². The van der Waals surface area contributed by atoms with E-state index in [2.05, 4.69) is 15.5 Å². The Kier molecular flexibility index (Phi) is 6.25. The first kappa shape index (κ1) is 18.4. The summed E-state index contributed by atoms with van der Waals surface area (Å²) in [6.07, 6.45) is 0. The maximum Gasteiger partial charge on any atom is 0.282 e. The zero-order chi connectivity index (χ0) is 18.4. The molecule has 0 saturated heterocycles. The van der Waals surface area contributed by atoms with E-state index in [-0.39, 0.29) is 5.91 Å². The molecule has 134 valence electrons. The van der Waals surface area contributed by atoms with Crippen molar-refractivity contribution in [1.29, 1.82) is 0 Å². The van der Waals surface area contributed by atoms with Crippen molar-refractivity contribution in [2.24, 2.45) is 0 Å². The molecule has 1 amide bonds. The van der Waals surface area contributed by atoms with Crippen molar-refractivity contribution in [3.05, 3.63) is 69.7 Å². The second-order valence-corrected chi connectivity index (χ2v) is 7.74. The summed E-state index contributed by atoms with van der Waals surface area (Å²) in [5, 5.41) is 12.2. The Bertz CT molecular complexity index is 861. The molecule has 0 unspecified atom stereocenters. The fourth-order valence-electron chi connectivity index (χ4n) is 2.18. The second kappa shape index (κ2) is 8.82. The molecule has 0 atom stereocenters. The van der Waals surface area contributed by atoms with Crippen molar-refractivity contribution >= 4 is 29.0 Å². The molecule has 5 nitrogen and oxygen atoms in total. The van der Waals surface area contributed by atoms with Crippen molar-refractivity contribution in [3.8, 4) is 5.75 Å². The predicted octanol–water partition coefficient (Wildman–Crippen LogP) is 4.08. The number of ether oxygens (including phenoxy) is 1.